The van der Waals surface area contributed by atoms with Crippen molar-refractivity contribution in [2.24, 2.45) is 11.8 Å². The summed E-state index contributed by atoms with van der Waals surface area (Å²) in [5.41, 5.74) is -2.39. The Labute approximate surface area is 146 Å². The highest BCUT2D eigenvalue weighted by molar-refractivity contribution is 6.30. The average molecular weight is 355 g/mol. The van der Waals surface area contributed by atoms with E-state index >= 15 is 0 Å². The van der Waals surface area contributed by atoms with Gasteiger partial charge >= 0.3 is 11.9 Å². The molecule has 6 heteroatoms. The van der Waals surface area contributed by atoms with Crippen LogP contribution >= 0.6 is 11.6 Å². The summed E-state index contributed by atoms with van der Waals surface area (Å²) in [4.78, 5) is 24.0. The van der Waals surface area contributed by atoms with Gasteiger partial charge in [0, 0.05) is 17.4 Å². The molecule has 1 aliphatic rings. The molecule has 1 saturated carbocycles. The van der Waals surface area contributed by atoms with Crippen LogP contribution in [0.4, 0.5) is 0 Å². The molecular formula is C18H23ClO5. The second kappa shape index (κ2) is 6.73. The van der Waals surface area contributed by atoms with Crippen LogP contribution in [-0.4, -0.2) is 33.4 Å². The Kier molecular flexibility index (Phi) is 5.25. The molecule has 1 aromatic rings. The quantitative estimate of drug-likeness (QED) is 0.580. The van der Waals surface area contributed by atoms with Gasteiger partial charge in [0.1, 0.15) is 5.60 Å². The number of carboxylic acids is 1. The third kappa shape index (κ3) is 3.73. The summed E-state index contributed by atoms with van der Waals surface area (Å²) in [5.74, 6) is -3.63. The number of ether oxygens (including phenoxy) is 1. The van der Waals surface area contributed by atoms with Crippen molar-refractivity contribution in [3.63, 3.8) is 0 Å². The number of carboxylic acid groups (broad SMARTS) is 1. The van der Waals surface area contributed by atoms with Gasteiger partial charge < -0.3 is 14.9 Å². The molecule has 0 saturated heterocycles. The van der Waals surface area contributed by atoms with Gasteiger partial charge in [-0.05, 0) is 36.5 Å². The van der Waals surface area contributed by atoms with Crippen LogP contribution in [0.3, 0.4) is 0 Å². The first kappa shape index (κ1) is 18.7. The van der Waals surface area contributed by atoms with Gasteiger partial charge in [-0.15, -0.1) is 0 Å². The third-order valence-corrected chi connectivity index (χ3v) is 5.06. The molecule has 1 unspecified atom stereocenters. The van der Waals surface area contributed by atoms with E-state index in [0.717, 1.165) is 5.56 Å². The zero-order valence-electron chi connectivity index (χ0n) is 14.1. The van der Waals surface area contributed by atoms with E-state index in [4.69, 9.17) is 16.3 Å². The molecule has 0 amide bonds. The van der Waals surface area contributed by atoms with Crippen molar-refractivity contribution in [1.82, 2.24) is 0 Å². The minimum atomic E-state index is -2.54. The molecule has 2 atom stereocenters. The molecule has 132 valence electrons. The van der Waals surface area contributed by atoms with E-state index in [0.29, 0.717) is 24.3 Å². The second-order valence-electron chi connectivity index (χ2n) is 6.98. The van der Waals surface area contributed by atoms with Crippen molar-refractivity contribution < 1.29 is 24.5 Å². The molecule has 0 radical (unpaired) electrons. The van der Waals surface area contributed by atoms with Crippen LogP contribution in [0.2, 0.25) is 5.02 Å². The van der Waals surface area contributed by atoms with Crippen LogP contribution in [0.1, 0.15) is 39.2 Å². The van der Waals surface area contributed by atoms with Crippen molar-refractivity contribution in [3.05, 3.63) is 34.9 Å². The zero-order valence-corrected chi connectivity index (χ0v) is 14.8. The summed E-state index contributed by atoms with van der Waals surface area (Å²) in [5, 5.41) is 20.5. The van der Waals surface area contributed by atoms with Gasteiger partial charge in [-0.3, -0.25) is 0 Å². The number of benzene rings is 1. The van der Waals surface area contributed by atoms with Gasteiger partial charge in [0.15, 0.2) is 0 Å². The lowest BCUT2D eigenvalue weighted by Crippen LogP contribution is -2.55. The Bertz CT molecular complexity index is 638. The minimum Gasteiger partial charge on any atom is -0.479 e. The number of hydrogen-bond donors (Lipinski definition) is 2. The van der Waals surface area contributed by atoms with E-state index in [2.05, 4.69) is 0 Å². The number of aliphatic hydroxyl groups is 1. The molecule has 0 heterocycles. The Morgan fingerprint density at radius 2 is 1.96 bits per heavy atom. The molecule has 0 bridgehead atoms. The number of aliphatic carboxylic acids is 1. The number of carbonyl (C=O) groups excluding carboxylic acids is 1. The zero-order chi connectivity index (χ0) is 18.1. The molecule has 2 N–H and O–H groups in total. The highest BCUT2D eigenvalue weighted by Gasteiger charge is 2.56. The van der Waals surface area contributed by atoms with Gasteiger partial charge in [0.2, 0.25) is 0 Å². The van der Waals surface area contributed by atoms with Gasteiger partial charge in [-0.1, -0.05) is 44.5 Å². The first-order valence-electron chi connectivity index (χ1n) is 8.04. The number of halogens is 1. The summed E-state index contributed by atoms with van der Waals surface area (Å²) in [6, 6.07) is 7.23. The van der Waals surface area contributed by atoms with Crippen molar-refractivity contribution in [2.45, 2.75) is 51.2 Å². The van der Waals surface area contributed by atoms with Crippen LogP contribution in [0.25, 0.3) is 0 Å². The molecule has 1 aliphatic carbocycles. The van der Waals surface area contributed by atoms with E-state index in [1.165, 1.54) is 6.92 Å². The van der Waals surface area contributed by atoms with E-state index in [9.17, 15) is 19.8 Å². The number of esters is 1. The maximum Gasteiger partial charge on any atom is 0.350 e. The van der Waals surface area contributed by atoms with Gasteiger partial charge in [0.25, 0.3) is 5.60 Å². The monoisotopic (exact) mass is 354 g/mol. The predicted octanol–water partition coefficient (Wildman–Crippen LogP) is 3.07. The number of carbonyl (C=O) groups is 2. The van der Waals surface area contributed by atoms with E-state index < -0.39 is 29.1 Å². The SMILES string of the molecule is CC(C)C(C)[C@](O)(C(=O)O)C(=O)OC1(Cc2cccc(Cl)c2)CC1. The van der Waals surface area contributed by atoms with E-state index in [-0.39, 0.29) is 5.92 Å². The van der Waals surface area contributed by atoms with Gasteiger partial charge in [0.05, 0.1) is 0 Å². The Morgan fingerprint density at radius 3 is 2.42 bits per heavy atom. The van der Waals surface area contributed by atoms with Crippen LogP contribution in [0.15, 0.2) is 24.3 Å². The second-order valence-corrected chi connectivity index (χ2v) is 7.42. The Hall–Kier alpha value is -1.59. The normalized spacial score (nSPS) is 19.4. The lowest BCUT2D eigenvalue weighted by molar-refractivity contribution is -0.193. The van der Waals surface area contributed by atoms with Crippen molar-refractivity contribution in [3.8, 4) is 0 Å². The molecular weight excluding hydrogens is 332 g/mol. The van der Waals surface area contributed by atoms with E-state index in [1.54, 1.807) is 26.0 Å². The first-order chi connectivity index (χ1) is 11.1. The summed E-state index contributed by atoms with van der Waals surface area (Å²) in [7, 11) is 0. The fourth-order valence-electron chi connectivity index (χ4n) is 2.70. The summed E-state index contributed by atoms with van der Waals surface area (Å²) >= 11 is 5.96. The van der Waals surface area contributed by atoms with E-state index in [1.807, 2.05) is 12.1 Å². The minimum absolute atomic E-state index is 0.193. The summed E-state index contributed by atoms with van der Waals surface area (Å²) in [6.45, 7) is 5.05. The summed E-state index contributed by atoms with van der Waals surface area (Å²) in [6.07, 6.45) is 1.72. The Morgan fingerprint density at radius 1 is 1.33 bits per heavy atom. The van der Waals surface area contributed by atoms with Crippen molar-refractivity contribution in [1.29, 1.82) is 0 Å². The topological polar surface area (TPSA) is 83.8 Å². The maximum atomic E-state index is 12.5. The molecule has 1 aromatic carbocycles. The lowest BCUT2D eigenvalue weighted by atomic mass is 9.81. The highest BCUT2D eigenvalue weighted by atomic mass is 35.5. The van der Waals surface area contributed by atoms with Crippen LogP contribution in [0, 0.1) is 11.8 Å². The lowest BCUT2D eigenvalue weighted by Gasteiger charge is -2.32. The average Bonchev–Trinajstić information content (AvgIpc) is 3.24. The third-order valence-electron chi connectivity index (χ3n) is 4.83. The fourth-order valence-corrected chi connectivity index (χ4v) is 2.91. The Balaban J connectivity index is 2.16. The van der Waals surface area contributed by atoms with Crippen LogP contribution in [-0.2, 0) is 20.7 Å². The predicted molar refractivity (Wildman–Crippen MR) is 89.8 cm³/mol. The summed E-state index contributed by atoms with van der Waals surface area (Å²) < 4.78 is 5.48. The van der Waals surface area contributed by atoms with Crippen LogP contribution < -0.4 is 0 Å². The number of hydrogen-bond acceptors (Lipinski definition) is 4. The van der Waals surface area contributed by atoms with Crippen molar-refractivity contribution >= 4 is 23.5 Å². The maximum absolute atomic E-state index is 12.5. The molecule has 0 aromatic heterocycles. The van der Waals surface area contributed by atoms with Crippen LogP contribution in [0.5, 0.6) is 0 Å². The first-order valence-corrected chi connectivity index (χ1v) is 8.42. The van der Waals surface area contributed by atoms with Gasteiger partial charge in [-0.25, -0.2) is 9.59 Å². The number of rotatable bonds is 7. The molecule has 24 heavy (non-hydrogen) atoms. The largest absolute Gasteiger partial charge is 0.479 e. The standard InChI is InChI=1S/C18H23ClO5/c1-11(2)12(3)18(23,15(20)21)16(22)24-17(7-8-17)10-13-5-4-6-14(19)9-13/h4-6,9,11-12,23H,7-8,10H2,1-3H3,(H,20,21)/t12?,18-/m0/s1. The van der Waals surface area contributed by atoms with Crippen molar-refractivity contribution in [2.75, 3.05) is 0 Å². The van der Waals surface area contributed by atoms with Gasteiger partial charge in [-0.2, -0.15) is 0 Å². The fraction of sp³-hybridized carbons (Fsp3) is 0.556. The molecule has 5 nitrogen and oxygen atoms in total. The molecule has 1 fully saturated rings. The molecule has 2 rings (SSSR count). The highest BCUT2D eigenvalue weighted by Crippen LogP contribution is 2.44. The molecule has 0 spiro atoms. The molecule has 0 aliphatic heterocycles. The smallest absolute Gasteiger partial charge is 0.350 e.